The molecule has 0 aliphatic carbocycles. The Labute approximate surface area is 296 Å². The Morgan fingerprint density at radius 1 is 0.755 bits per heavy atom. The quantitative estimate of drug-likeness (QED) is 0.127. The molecular weight excluding hydrogens is 702 g/mol. The number of likely N-dealkylation sites (N-methyl/N-ethyl adjacent to an activating group) is 1. The number of amides is 2. The molecule has 5 rings (SSSR count). The Morgan fingerprint density at radius 2 is 1.35 bits per heavy atom. The molecular formula is C39H38BrN3O5S. The summed E-state index contributed by atoms with van der Waals surface area (Å²) in [4.78, 5) is 29.8. The van der Waals surface area contributed by atoms with Gasteiger partial charge in [0.15, 0.2) is 0 Å². The lowest BCUT2D eigenvalue weighted by molar-refractivity contribution is -0.140. The lowest BCUT2D eigenvalue weighted by Crippen LogP contribution is -2.53. The number of nitrogens with one attached hydrogen (secondary N) is 1. The first-order valence-corrected chi connectivity index (χ1v) is 18.2. The van der Waals surface area contributed by atoms with Crippen molar-refractivity contribution in [1.82, 2.24) is 10.2 Å². The highest BCUT2D eigenvalue weighted by molar-refractivity contribution is 9.10. The van der Waals surface area contributed by atoms with E-state index >= 15 is 0 Å². The van der Waals surface area contributed by atoms with Gasteiger partial charge in [-0.2, -0.15) is 0 Å². The first-order valence-electron chi connectivity index (χ1n) is 15.9. The molecule has 8 nitrogen and oxygen atoms in total. The molecule has 5 aromatic rings. The van der Waals surface area contributed by atoms with Crippen LogP contribution in [0.1, 0.15) is 23.6 Å². The third kappa shape index (κ3) is 9.37. The summed E-state index contributed by atoms with van der Waals surface area (Å²) in [5, 5.41) is 2.88. The molecule has 1 atom stereocenters. The summed E-state index contributed by atoms with van der Waals surface area (Å²) in [5.74, 6) is 0.278. The summed E-state index contributed by atoms with van der Waals surface area (Å²) in [6, 6.07) is 38.3. The highest BCUT2D eigenvalue weighted by Gasteiger charge is 2.34. The minimum atomic E-state index is -4.23. The molecule has 252 valence electrons. The van der Waals surface area contributed by atoms with Gasteiger partial charge in [0.25, 0.3) is 10.0 Å². The number of halogens is 1. The van der Waals surface area contributed by atoms with Gasteiger partial charge in [-0.3, -0.25) is 13.9 Å². The molecule has 5 aromatic carbocycles. The monoisotopic (exact) mass is 739 g/mol. The highest BCUT2D eigenvalue weighted by Crippen LogP contribution is 2.29. The fourth-order valence-corrected chi connectivity index (χ4v) is 6.98. The maximum atomic E-state index is 14.6. The maximum Gasteiger partial charge on any atom is 0.264 e. The molecule has 0 bridgehead atoms. The number of carbonyl (C=O) groups is 2. The van der Waals surface area contributed by atoms with E-state index in [1.54, 1.807) is 36.4 Å². The second kappa shape index (κ2) is 16.5. The normalized spacial score (nSPS) is 11.7. The number of hydrogen-bond donors (Lipinski definition) is 1. The van der Waals surface area contributed by atoms with E-state index < -0.39 is 28.5 Å². The van der Waals surface area contributed by atoms with Crippen molar-refractivity contribution < 1.29 is 22.7 Å². The van der Waals surface area contributed by atoms with Crippen LogP contribution >= 0.6 is 15.9 Å². The molecule has 0 aliphatic rings. The number of anilines is 1. The predicted octanol–water partition coefficient (Wildman–Crippen LogP) is 7.52. The Balaban J connectivity index is 1.54. The molecule has 0 heterocycles. The minimum Gasteiger partial charge on any atom is -0.457 e. The average Bonchev–Trinajstić information content (AvgIpc) is 3.11. The van der Waals surface area contributed by atoms with Crippen LogP contribution in [0.2, 0.25) is 0 Å². The predicted molar refractivity (Wildman–Crippen MR) is 196 cm³/mol. The summed E-state index contributed by atoms with van der Waals surface area (Å²) in [5.41, 5.74) is 2.82. The Kier molecular flexibility index (Phi) is 11.9. The van der Waals surface area contributed by atoms with E-state index in [1.165, 1.54) is 17.0 Å². The van der Waals surface area contributed by atoms with Crippen molar-refractivity contribution in [2.75, 3.05) is 17.4 Å². The molecule has 0 fully saturated rings. The number of carbonyl (C=O) groups excluding carboxylic acids is 2. The number of benzene rings is 5. The summed E-state index contributed by atoms with van der Waals surface area (Å²) in [7, 11) is -4.23. The van der Waals surface area contributed by atoms with Crippen LogP contribution in [0.25, 0.3) is 0 Å². The number of sulfonamides is 1. The van der Waals surface area contributed by atoms with E-state index in [2.05, 4.69) is 21.2 Å². The second-order valence-electron chi connectivity index (χ2n) is 11.5. The molecule has 0 unspecified atom stereocenters. The van der Waals surface area contributed by atoms with E-state index in [1.807, 2.05) is 98.8 Å². The van der Waals surface area contributed by atoms with Crippen LogP contribution in [0.4, 0.5) is 5.69 Å². The molecule has 0 saturated carbocycles. The van der Waals surface area contributed by atoms with Crippen LogP contribution in [-0.4, -0.2) is 44.3 Å². The van der Waals surface area contributed by atoms with Crippen molar-refractivity contribution in [1.29, 1.82) is 0 Å². The van der Waals surface area contributed by atoms with Crippen molar-refractivity contribution in [3.8, 4) is 11.5 Å². The number of nitrogens with zero attached hydrogens (tertiary/aromatic N) is 2. The van der Waals surface area contributed by atoms with Crippen LogP contribution < -0.4 is 14.4 Å². The van der Waals surface area contributed by atoms with Gasteiger partial charge in [-0.15, -0.1) is 0 Å². The van der Waals surface area contributed by atoms with Crippen molar-refractivity contribution in [3.63, 3.8) is 0 Å². The topological polar surface area (TPSA) is 96.0 Å². The molecule has 2 amide bonds. The van der Waals surface area contributed by atoms with E-state index in [4.69, 9.17) is 4.74 Å². The third-order valence-electron chi connectivity index (χ3n) is 7.88. The van der Waals surface area contributed by atoms with Gasteiger partial charge in [0.1, 0.15) is 24.1 Å². The fourth-order valence-electron chi connectivity index (χ4n) is 5.30. The molecule has 0 radical (unpaired) electrons. The van der Waals surface area contributed by atoms with Gasteiger partial charge in [-0.05, 0) is 85.6 Å². The van der Waals surface area contributed by atoms with E-state index in [9.17, 15) is 18.0 Å². The minimum absolute atomic E-state index is 0.0412. The Hall–Kier alpha value is -4.93. The SMILES string of the molecule is CCNC(=O)[C@@H](Cc1ccccc1)N(Cc1ccc(Br)cc1)C(=O)CN(c1ccc(Oc2ccccc2)cc1)S(=O)(=O)c1ccc(C)cc1. The van der Waals surface area contributed by atoms with Gasteiger partial charge in [-0.1, -0.05) is 94.3 Å². The van der Waals surface area contributed by atoms with E-state index in [0.29, 0.717) is 18.0 Å². The van der Waals surface area contributed by atoms with Crippen LogP contribution in [0.5, 0.6) is 11.5 Å². The van der Waals surface area contributed by atoms with Crippen LogP contribution in [0.3, 0.4) is 0 Å². The molecule has 49 heavy (non-hydrogen) atoms. The van der Waals surface area contributed by atoms with Gasteiger partial charge in [0, 0.05) is 24.0 Å². The summed E-state index contributed by atoms with van der Waals surface area (Å²) in [6.07, 6.45) is 0.241. The summed E-state index contributed by atoms with van der Waals surface area (Å²) >= 11 is 3.46. The van der Waals surface area contributed by atoms with Crippen LogP contribution in [-0.2, 0) is 32.6 Å². The summed E-state index contributed by atoms with van der Waals surface area (Å²) in [6.45, 7) is 3.60. The van der Waals surface area contributed by atoms with Gasteiger partial charge >= 0.3 is 0 Å². The van der Waals surface area contributed by atoms with Crippen LogP contribution in [0.15, 0.2) is 143 Å². The number of hydrogen-bond acceptors (Lipinski definition) is 5. The lowest BCUT2D eigenvalue weighted by atomic mass is 10.0. The standard InChI is InChI=1S/C39H38BrN3O5S/c1-3-41-39(45)37(26-30-10-6-4-7-11-30)42(27-31-16-18-32(40)19-17-31)38(44)28-43(49(46,47)36-24-14-29(2)15-25-36)33-20-22-35(23-21-33)48-34-12-8-5-9-13-34/h4-25,37H,3,26-28H2,1-2H3,(H,41,45)/t37-/m1/s1. The van der Waals surface area contributed by atoms with E-state index in [0.717, 1.165) is 25.5 Å². The smallest absolute Gasteiger partial charge is 0.264 e. The summed E-state index contributed by atoms with van der Waals surface area (Å²) < 4.78 is 36.5. The van der Waals surface area contributed by atoms with Gasteiger partial charge < -0.3 is 15.0 Å². The van der Waals surface area contributed by atoms with Gasteiger partial charge in [0.05, 0.1) is 10.6 Å². The molecule has 0 aliphatic heterocycles. The highest BCUT2D eigenvalue weighted by atomic mass is 79.9. The third-order valence-corrected chi connectivity index (χ3v) is 10.2. The van der Waals surface area contributed by atoms with E-state index in [-0.39, 0.29) is 29.5 Å². The average molecular weight is 741 g/mol. The van der Waals surface area contributed by atoms with Crippen molar-refractivity contribution in [2.24, 2.45) is 0 Å². The van der Waals surface area contributed by atoms with Crippen molar-refractivity contribution in [2.45, 2.75) is 37.8 Å². The Morgan fingerprint density at radius 3 is 1.96 bits per heavy atom. The number of ether oxygens (including phenoxy) is 1. The fraction of sp³-hybridized carbons (Fsp3) is 0.179. The molecule has 0 saturated heterocycles. The van der Waals surface area contributed by atoms with Crippen LogP contribution in [0, 0.1) is 6.92 Å². The zero-order valence-electron chi connectivity index (χ0n) is 27.3. The van der Waals surface area contributed by atoms with Gasteiger partial charge in [0.2, 0.25) is 11.8 Å². The largest absolute Gasteiger partial charge is 0.457 e. The number of aryl methyl sites for hydroxylation is 1. The number of para-hydroxylation sites is 1. The zero-order valence-corrected chi connectivity index (χ0v) is 29.7. The zero-order chi connectivity index (χ0) is 34.8. The molecule has 10 heteroatoms. The van der Waals surface area contributed by atoms with Gasteiger partial charge in [-0.25, -0.2) is 8.42 Å². The maximum absolute atomic E-state index is 14.6. The first kappa shape index (κ1) is 35.4. The number of rotatable bonds is 14. The Bertz CT molecular complexity index is 1940. The van der Waals surface area contributed by atoms with Crippen molar-refractivity contribution >= 4 is 43.5 Å². The van der Waals surface area contributed by atoms with Crippen molar-refractivity contribution in [3.05, 3.63) is 155 Å². The molecule has 0 spiro atoms. The lowest BCUT2D eigenvalue weighted by Gasteiger charge is -2.34. The molecule has 1 N–H and O–H groups in total. The first-order chi connectivity index (χ1) is 23.6. The molecule has 0 aromatic heterocycles. The second-order valence-corrected chi connectivity index (χ2v) is 14.3.